The number of fused-ring (bicyclic) bond motifs is 2. The van der Waals surface area contributed by atoms with Gasteiger partial charge in [0.1, 0.15) is 20.8 Å². The maximum absolute atomic E-state index is 13.0. The molecule has 0 aliphatic heterocycles. The van der Waals surface area contributed by atoms with Crippen LogP contribution >= 0.6 is 0 Å². The number of carbonyl (C=O) groups excluding carboxylic acids is 2. The van der Waals surface area contributed by atoms with Crippen LogP contribution in [-0.2, 0) is 20.2 Å². The van der Waals surface area contributed by atoms with Gasteiger partial charge in [-0.3, -0.25) is 28.7 Å². The first kappa shape index (κ1) is 40.6. The first-order valence-corrected chi connectivity index (χ1v) is 17.3. The van der Waals surface area contributed by atoms with Crippen molar-refractivity contribution >= 4 is 136 Å². The molecule has 0 fully saturated rings. The summed E-state index contributed by atoms with van der Waals surface area (Å²) < 4.78 is 69.2. The molecular weight excluding hydrogens is 735 g/mol. The van der Waals surface area contributed by atoms with E-state index >= 15 is 0 Å². The number of anilines is 2. The summed E-state index contributed by atoms with van der Waals surface area (Å²) >= 11 is 0. The third-order valence-electron chi connectivity index (χ3n) is 7.53. The molecule has 0 unspecified atom stereocenters. The summed E-state index contributed by atoms with van der Waals surface area (Å²) in [5.74, 6) is -2.37. The Kier molecular flexibility index (Phi) is 12.7. The van der Waals surface area contributed by atoms with Gasteiger partial charge in [-0.15, -0.1) is 0 Å². The average molecular weight is 761 g/mol. The molecule has 14 nitrogen and oxygen atoms in total. The molecule has 0 aliphatic carbocycles. The summed E-state index contributed by atoms with van der Waals surface area (Å²) in [7, 11) is -9.80. The van der Waals surface area contributed by atoms with Gasteiger partial charge in [0.25, 0.3) is 32.1 Å². The van der Waals surface area contributed by atoms with E-state index in [9.17, 15) is 45.7 Å². The molecule has 0 atom stereocenters. The van der Waals surface area contributed by atoms with Crippen molar-refractivity contribution in [1.29, 1.82) is 0 Å². The number of hydrogen-bond acceptors (Lipinski definition) is 10. The van der Waals surface area contributed by atoms with Crippen molar-refractivity contribution in [3.63, 3.8) is 0 Å². The predicted molar refractivity (Wildman–Crippen MR) is 198 cm³/mol. The summed E-state index contributed by atoms with van der Waals surface area (Å²) in [5, 5.41) is 27.2. The quantitative estimate of drug-likeness (QED) is 0.0733. The number of phenols is 2. The van der Waals surface area contributed by atoms with Gasteiger partial charge in [0.2, 0.25) is 0 Å². The van der Waals surface area contributed by atoms with Crippen LogP contribution in [0, 0.1) is 0 Å². The Bertz CT molecular complexity index is 2460. The fraction of sp³-hybridized carbons (Fsp3) is 0. The van der Waals surface area contributed by atoms with E-state index in [0.29, 0.717) is 10.8 Å². The van der Waals surface area contributed by atoms with Gasteiger partial charge in [0.05, 0.1) is 11.1 Å². The van der Waals surface area contributed by atoms with Gasteiger partial charge in [0.15, 0.2) is 11.5 Å². The molecule has 0 saturated carbocycles. The average Bonchev–Trinajstić information content (AvgIpc) is 3.07. The van der Waals surface area contributed by atoms with E-state index in [4.69, 9.17) is 0 Å². The molecule has 6 aromatic rings. The normalized spacial score (nSPS) is 11.5. The molecule has 6 N–H and O–H groups in total. The Balaban J connectivity index is 0.00000302. The van der Waals surface area contributed by atoms with E-state index in [-0.39, 0.29) is 115 Å². The standard InChI is InChI=1S/C34H24N4O10S2.2Na.2H/c39-31-25(13-9-21-3-1-15-35-29(21)31)33(41)37-23-11-7-19(27(17-23)49(43,44)45)5-6-20-8-12-24(18-28(20)50(46,47)48)38-34(42)26-14-10-22-4-2-16-36-30(22)32(26)40;;;;/h1-18,39-40H,(H,37,41)(H,38,42)(H,43,44,45)(H,46,47,48);;;;/b6-5+;;;;. The van der Waals surface area contributed by atoms with Crippen molar-refractivity contribution in [2.24, 2.45) is 0 Å². The van der Waals surface area contributed by atoms with E-state index in [1.807, 2.05) is 0 Å². The second kappa shape index (κ2) is 16.2. The molecule has 0 bridgehead atoms. The predicted octanol–water partition coefficient (Wildman–Crippen LogP) is 4.07. The Hall–Kier alpha value is -4.20. The van der Waals surface area contributed by atoms with Crippen molar-refractivity contribution in [3.8, 4) is 11.5 Å². The molecule has 2 heterocycles. The zero-order valence-electron chi connectivity index (χ0n) is 25.3. The Morgan fingerprint density at radius 3 is 1.33 bits per heavy atom. The first-order chi connectivity index (χ1) is 23.7. The molecule has 6 rings (SSSR count). The van der Waals surface area contributed by atoms with Gasteiger partial charge in [-0.05, 0) is 59.7 Å². The number of hydrogen-bond donors (Lipinski definition) is 6. The molecule has 2 amide bonds. The molecule has 0 radical (unpaired) electrons. The van der Waals surface area contributed by atoms with Crippen LogP contribution in [0.15, 0.2) is 107 Å². The second-order valence-corrected chi connectivity index (χ2v) is 13.6. The molecule has 4 aromatic carbocycles. The van der Waals surface area contributed by atoms with Gasteiger partial charge < -0.3 is 20.8 Å². The van der Waals surface area contributed by atoms with Gasteiger partial charge in [-0.25, -0.2) is 0 Å². The number of nitrogens with zero attached hydrogens (tertiary/aromatic N) is 2. The number of pyridine rings is 2. The number of rotatable bonds is 8. The van der Waals surface area contributed by atoms with Crippen LogP contribution in [0.4, 0.5) is 11.4 Å². The number of nitrogens with one attached hydrogen (secondary N) is 2. The second-order valence-electron chi connectivity index (χ2n) is 10.8. The number of carbonyl (C=O) groups is 2. The van der Waals surface area contributed by atoms with E-state index < -0.39 is 41.8 Å². The number of aromatic hydroxyl groups is 2. The van der Waals surface area contributed by atoms with Crippen LogP contribution < -0.4 is 10.6 Å². The third-order valence-corrected chi connectivity index (χ3v) is 9.34. The Labute approximate surface area is 340 Å². The Morgan fingerprint density at radius 2 is 0.962 bits per heavy atom. The molecule has 2 aromatic heterocycles. The van der Waals surface area contributed by atoms with Gasteiger partial charge in [-0.2, -0.15) is 16.8 Å². The van der Waals surface area contributed by atoms with Crippen LogP contribution in [0.25, 0.3) is 34.0 Å². The van der Waals surface area contributed by atoms with E-state index in [0.717, 1.165) is 24.3 Å². The third kappa shape index (κ3) is 8.70. The molecule has 0 aliphatic rings. The van der Waals surface area contributed by atoms with Crippen molar-refractivity contribution in [3.05, 3.63) is 120 Å². The molecule has 52 heavy (non-hydrogen) atoms. The Morgan fingerprint density at radius 1 is 0.577 bits per heavy atom. The molecule has 0 saturated heterocycles. The van der Waals surface area contributed by atoms with Crippen LogP contribution in [0.1, 0.15) is 31.8 Å². The number of amides is 2. The van der Waals surface area contributed by atoms with Crippen molar-refractivity contribution in [2.75, 3.05) is 10.6 Å². The summed E-state index contributed by atoms with van der Waals surface area (Å²) in [5.41, 5.74) is -0.292. The topological polar surface area (TPSA) is 233 Å². The minimum absolute atomic E-state index is 0. The molecular formula is C34H26N4Na2O10S2. The van der Waals surface area contributed by atoms with Crippen LogP contribution in [0.3, 0.4) is 0 Å². The van der Waals surface area contributed by atoms with E-state index in [1.54, 1.807) is 36.4 Å². The van der Waals surface area contributed by atoms with Crippen molar-refractivity contribution in [2.45, 2.75) is 9.79 Å². The van der Waals surface area contributed by atoms with E-state index in [2.05, 4.69) is 20.6 Å². The fourth-order valence-electron chi connectivity index (χ4n) is 5.15. The number of phenolic OH excluding ortho intramolecular Hbond substituents is 2. The molecule has 0 spiro atoms. The summed E-state index contributed by atoms with van der Waals surface area (Å²) in [6.07, 6.45) is 5.19. The van der Waals surface area contributed by atoms with Crippen LogP contribution in [0.2, 0.25) is 0 Å². The minimum atomic E-state index is -4.90. The number of aromatic nitrogens is 2. The fourth-order valence-corrected chi connectivity index (χ4v) is 6.57. The maximum atomic E-state index is 13.0. The molecule has 18 heteroatoms. The summed E-state index contributed by atoms with van der Waals surface area (Å²) in [4.78, 5) is 32.7. The van der Waals surface area contributed by atoms with Gasteiger partial charge >= 0.3 is 59.1 Å². The first-order valence-electron chi connectivity index (χ1n) is 14.4. The van der Waals surface area contributed by atoms with E-state index in [1.165, 1.54) is 48.8 Å². The summed E-state index contributed by atoms with van der Waals surface area (Å²) in [6.45, 7) is 0. The van der Waals surface area contributed by atoms with Crippen LogP contribution in [-0.4, -0.2) is 117 Å². The van der Waals surface area contributed by atoms with Crippen molar-refractivity contribution in [1.82, 2.24) is 9.97 Å². The zero-order chi connectivity index (χ0) is 35.8. The van der Waals surface area contributed by atoms with Crippen LogP contribution in [0.5, 0.6) is 11.5 Å². The summed E-state index contributed by atoms with van der Waals surface area (Å²) in [6, 6.07) is 19.6. The SMILES string of the molecule is O=C(Nc1ccc(/C=C/c2ccc(NC(=O)c3ccc4cccnc4c3O)cc2S(=O)(=O)O)c(S(=O)(=O)O)c1)c1ccc2cccnc2c1O.[NaH].[NaH]. The number of benzene rings is 4. The molecule has 256 valence electrons. The van der Waals surface area contributed by atoms with Crippen molar-refractivity contribution < 1.29 is 45.7 Å². The van der Waals surface area contributed by atoms with Gasteiger partial charge in [0, 0.05) is 34.5 Å². The van der Waals surface area contributed by atoms with Gasteiger partial charge in [-0.1, -0.05) is 48.6 Å². The zero-order valence-corrected chi connectivity index (χ0v) is 27.0. The monoisotopic (exact) mass is 760 g/mol.